The number of aryl methyl sites for hydroxylation is 3. The van der Waals surface area contributed by atoms with E-state index in [4.69, 9.17) is 4.74 Å². The lowest BCUT2D eigenvalue weighted by atomic mass is 10.1. The largest absolute Gasteiger partial charge is 0.491 e. The van der Waals surface area contributed by atoms with Gasteiger partial charge in [0.15, 0.2) is 6.29 Å². The van der Waals surface area contributed by atoms with E-state index in [0.29, 0.717) is 6.61 Å². The van der Waals surface area contributed by atoms with E-state index in [9.17, 15) is 4.79 Å². The molecule has 0 unspecified atom stereocenters. The highest BCUT2D eigenvalue weighted by Gasteiger charge is 2.08. The molecule has 0 spiro atoms. The monoisotopic (exact) mass is 271 g/mol. The average Bonchev–Trinajstić information content (AvgIpc) is 2.69. The van der Waals surface area contributed by atoms with Crippen LogP contribution in [0.3, 0.4) is 0 Å². The molecule has 0 saturated heterocycles. The summed E-state index contributed by atoms with van der Waals surface area (Å²) >= 11 is 0. The molecule has 1 aromatic carbocycles. The van der Waals surface area contributed by atoms with Gasteiger partial charge in [-0.15, -0.1) is 0 Å². The maximum atomic E-state index is 10.9. The lowest BCUT2D eigenvalue weighted by Gasteiger charge is -2.13. The highest BCUT2D eigenvalue weighted by Crippen LogP contribution is 2.19. The maximum Gasteiger partial charge on any atom is 0.151 e. The Morgan fingerprint density at radius 1 is 1.15 bits per heavy atom. The SMILES string of the molecule is Cc1ccc(C)c(OCCn2c(C)cc(C=O)c2C)c1. The molecular weight excluding hydrogens is 250 g/mol. The van der Waals surface area contributed by atoms with Crippen molar-refractivity contribution in [3.8, 4) is 5.75 Å². The van der Waals surface area contributed by atoms with Gasteiger partial charge in [-0.2, -0.15) is 0 Å². The van der Waals surface area contributed by atoms with Crippen LogP contribution in [-0.4, -0.2) is 17.5 Å². The molecule has 0 N–H and O–H groups in total. The van der Waals surface area contributed by atoms with Crippen molar-refractivity contribution < 1.29 is 9.53 Å². The first-order valence-electron chi connectivity index (χ1n) is 6.85. The number of hydrogen-bond acceptors (Lipinski definition) is 2. The van der Waals surface area contributed by atoms with Gasteiger partial charge in [-0.05, 0) is 51.0 Å². The Kier molecular flexibility index (Phi) is 4.28. The van der Waals surface area contributed by atoms with Crippen molar-refractivity contribution >= 4 is 6.29 Å². The first-order chi connectivity index (χ1) is 9.52. The van der Waals surface area contributed by atoms with Crippen LogP contribution in [0.4, 0.5) is 0 Å². The zero-order valence-electron chi connectivity index (χ0n) is 12.6. The maximum absolute atomic E-state index is 10.9. The molecule has 0 aliphatic carbocycles. The Bertz CT molecular complexity index is 626. The number of aldehydes is 1. The number of carbonyl (C=O) groups is 1. The summed E-state index contributed by atoms with van der Waals surface area (Å²) in [6.45, 7) is 9.43. The van der Waals surface area contributed by atoms with Crippen molar-refractivity contribution in [2.75, 3.05) is 6.61 Å². The second kappa shape index (κ2) is 5.95. The molecule has 0 fully saturated rings. The van der Waals surface area contributed by atoms with Crippen LogP contribution in [0, 0.1) is 27.7 Å². The molecule has 0 saturated carbocycles. The molecule has 3 heteroatoms. The van der Waals surface area contributed by atoms with Crippen LogP contribution in [0.1, 0.15) is 32.9 Å². The van der Waals surface area contributed by atoms with Gasteiger partial charge in [0, 0.05) is 17.0 Å². The van der Waals surface area contributed by atoms with Crippen molar-refractivity contribution in [1.82, 2.24) is 4.57 Å². The van der Waals surface area contributed by atoms with Gasteiger partial charge in [0.25, 0.3) is 0 Å². The van der Waals surface area contributed by atoms with Gasteiger partial charge in [-0.3, -0.25) is 4.79 Å². The predicted molar refractivity (Wildman–Crippen MR) is 80.7 cm³/mol. The Morgan fingerprint density at radius 2 is 1.90 bits per heavy atom. The summed E-state index contributed by atoms with van der Waals surface area (Å²) in [7, 11) is 0. The first kappa shape index (κ1) is 14.4. The van der Waals surface area contributed by atoms with Crippen LogP contribution >= 0.6 is 0 Å². The van der Waals surface area contributed by atoms with Gasteiger partial charge in [0.05, 0.1) is 6.54 Å². The van der Waals surface area contributed by atoms with E-state index in [2.05, 4.69) is 29.7 Å². The van der Waals surface area contributed by atoms with Gasteiger partial charge in [-0.1, -0.05) is 12.1 Å². The van der Waals surface area contributed by atoms with Crippen LogP contribution in [-0.2, 0) is 6.54 Å². The van der Waals surface area contributed by atoms with E-state index in [1.807, 2.05) is 26.8 Å². The Morgan fingerprint density at radius 3 is 2.55 bits per heavy atom. The summed E-state index contributed by atoms with van der Waals surface area (Å²) in [6, 6.07) is 8.13. The molecular formula is C17H21NO2. The smallest absolute Gasteiger partial charge is 0.151 e. The predicted octanol–water partition coefficient (Wildman–Crippen LogP) is 3.61. The van der Waals surface area contributed by atoms with Gasteiger partial charge in [0.2, 0.25) is 0 Å². The fourth-order valence-electron chi connectivity index (χ4n) is 2.40. The Balaban J connectivity index is 2.05. The minimum atomic E-state index is 0.596. The molecule has 0 atom stereocenters. The van der Waals surface area contributed by atoms with E-state index in [0.717, 1.165) is 41.1 Å². The summed E-state index contributed by atoms with van der Waals surface area (Å²) in [5, 5.41) is 0. The number of nitrogens with zero attached hydrogens (tertiary/aromatic N) is 1. The minimum Gasteiger partial charge on any atom is -0.491 e. The number of hydrogen-bond donors (Lipinski definition) is 0. The highest BCUT2D eigenvalue weighted by molar-refractivity contribution is 5.77. The standard InChI is InChI=1S/C17H21NO2/c1-12-5-6-13(2)17(9-12)20-8-7-18-14(3)10-16(11-19)15(18)4/h5-6,9-11H,7-8H2,1-4H3. The Labute approximate surface area is 120 Å². The van der Waals surface area contributed by atoms with Crippen LogP contribution in [0.15, 0.2) is 24.3 Å². The minimum absolute atomic E-state index is 0.596. The van der Waals surface area contributed by atoms with Crippen molar-refractivity contribution in [2.45, 2.75) is 34.2 Å². The van der Waals surface area contributed by atoms with E-state index in [1.54, 1.807) is 0 Å². The second-order valence-corrected chi connectivity index (χ2v) is 5.21. The molecule has 1 heterocycles. The zero-order valence-corrected chi connectivity index (χ0v) is 12.6. The van der Waals surface area contributed by atoms with Crippen LogP contribution in [0.5, 0.6) is 5.75 Å². The molecule has 106 valence electrons. The summed E-state index contributed by atoms with van der Waals surface area (Å²) in [5.41, 5.74) is 5.19. The summed E-state index contributed by atoms with van der Waals surface area (Å²) in [5.74, 6) is 0.933. The normalized spacial score (nSPS) is 10.6. The molecule has 0 aliphatic rings. The van der Waals surface area contributed by atoms with Crippen molar-refractivity contribution in [3.63, 3.8) is 0 Å². The fraction of sp³-hybridized carbons (Fsp3) is 0.353. The second-order valence-electron chi connectivity index (χ2n) is 5.21. The first-order valence-corrected chi connectivity index (χ1v) is 6.85. The third-order valence-corrected chi connectivity index (χ3v) is 3.66. The molecule has 20 heavy (non-hydrogen) atoms. The quantitative estimate of drug-likeness (QED) is 0.778. The lowest BCUT2D eigenvalue weighted by molar-refractivity contribution is 0.112. The third-order valence-electron chi connectivity index (χ3n) is 3.66. The van der Waals surface area contributed by atoms with E-state index < -0.39 is 0 Å². The van der Waals surface area contributed by atoms with Crippen molar-refractivity contribution in [3.05, 3.63) is 52.3 Å². The highest BCUT2D eigenvalue weighted by atomic mass is 16.5. The summed E-state index contributed by atoms with van der Waals surface area (Å²) < 4.78 is 7.99. The van der Waals surface area contributed by atoms with Crippen LogP contribution in [0.2, 0.25) is 0 Å². The van der Waals surface area contributed by atoms with E-state index in [-0.39, 0.29) is 0 Å². The molecule has 2 rings (SSSR count). The summed E-state index contributed by atoms with van der Waals surface area (Å²) in [6.07, 6.45) is 0.907. The number of ether oxygens (including phenoxy) is 1. The molecule has 3 nitrogen and oxygen atoms in total. The number of carbonyl (C=O) groups excluding carboxylic acids is 1. The van der Waals surface area contributed by atoms with Gasteiger partial charge in [-0.25, -0.2) is 0 Å². The van der Waals surface area contributed by atoms with E-state index >= 15 is 0 Å². The van der Waals surface area contributed by atoms with Gasteiger partial charge >= 0.3 is 0 Å². The molecule has 2 aromatic rings. The fourth-order valence-corrected chi connectivity index (χ4v) is 2.40. The number of benzene rings is 1. The summed E-state index contributed by atoms with van der Waals surface area (Å²) in [4.78, 5) is 10.9. The molecule has 0 amide bonds. The molecule has 0 bridgehead atoms. The molecule has 1 aromatic heterocycles. The van der Waals surface area contributed by atoms with Crippen LogP contribution in [0.25, 0.3) is 0 Å². The van der Waals surface area contributed by atoms with Crippen molar-refractivity contribution in [2.24, 2.45) is 0 Å². The zero-order chi connectivity index (χ0) is 14.7. The van der Waals surface area contributed by atoms with Gasteiger partial charge < -0.3 is 9.30 Å². The molecule has 0 radical (unpaired) electrons. The van der Waals surface area contributed by atoms with Crippen molar-refractivity contribution in [1.29, 1.82) is 0 Å². The van der Waals surface area contributed by atoms with E-state index in [1.165, 1.54) is 5.56 Å². The average molecular weight is 271 g/mol. The van der Waals surface area contributed by atoms with Crippen LogP contribution < -0.4 is 4.74 Å². The number of rotatable bonds is 5. The number of aromatic nitrogens is 1. The van der Waals surface area contributed by atoms with Gasteiger partial charge in [0.1, 0.15) is 12.4 Å². The third kappa shape index (κ3) is 2.93. The molecule has 0 aliphatic heterocycles. The topological polar surface area (TPSA) is 31.2 Å². The Hall–Kier alpha value is -2.03. The lowest BCUT2D eigenvalue weighted by Crippen LogP contribution is -2.11.